The number of rotatable bonds is 6. The van der Waals surface area contributed by atoms with Crippen molar-refractivity contribution in [3.63, 3.8) is 0 Å². The van der Waals surface area contributed by atoms with Crippen molar-refractivity contribution in [2.45, 2.75) is 13.5 Å². The second-order valence-electron chi connectivity index (χ2n) is 6.39. The molecule has 1 aliphatic rings. The van der Waals surface area contributed by atoms with E-state index in [9.17, 15) is 10.1 Å². The van der Waals surface area contributed by atoms with Gasteiger partial charge in [0, 0.05) is 38.1 Å². The molecule has 0 spiro atoms. The zero-order chi connectivity index (χ0) is 20.2. The van der Waals surface area contributed by atoms with E-state index in [4.69, 9.17) is 13.6 Å². The lowest BCUT2D eigenvalue weighted by molar-refractivity contribution is 0.0525. The van der Waals surface area contributed by atoms with Gasteiger partial charge in [0.1, 0.15) is 6.07 Å². The summed E-state index contributed by atoms with van der Waals surface area (Å²) in [5, 5.41) is 11.7. The van der Waals surface area contributed by atoms with Gasteiger partial charge in [0.2, 0.25) is 16.6 Å². The third-order valence-electron chi connectivity index (χ3n) is 4.49. The van der Waals surface area contributed by atoms with Crippen LogP contribution in [0, 0.1) is 11.3 Å². The van der Waals surface area contributed by atoms with E-state index < -0.39 is 0 Å². The highest BCUT2D eigenvalue weighted by Crippen LogP contribution is 2.29. The fraction of sp³-hybridized carbons (Fsp3) is 0.368. The number of carbonyl (C=O) groups excluding carboxylic acids is 1. The summed E-state index contributed by atoms with van der Waals surface area (Å²) in [6.07, 6.45) is 1.54. The van der Waals surface area contributed by atoms with Gasteiger partial charge in [0.15, 0.2) is 5.76 Å². The molecule has 4 heterocycles. The van der Waals surface area contributed by atoms with Crippen molar-refractivity contribution in [2.75, 3.05) is 37.7 Å². The van der Waals surface area contributed by atoms with Crippen molar-refractivity contribution in [1.29, 1.82) is 5.26 Å². The van der Waals surface area contributed by atoms with E-state index >= 15 is 0 Å². The van der Waals surface area contributed by atoms with Gasteiger partial charge < -0.3 is 18.5 Å². The van der Waals surface area contributed by atoms with Gasteiger partial charge in [-0.1, -0.05) is 0 Å². The van der Waals surface area contributed by atoms with Gasteiger partial charge in [-0.25, -0.2) is 9.78 Å². The Bertz CT molecular complexity index is 1010. The van der Waals surface area contributed by atoms with Crippen LogP contribution in [0.3, 0.4) is 0 Å². The van der Waals surface area contributed by atoms with Crippen molar-refractivity contribution in [3.8, 4) is 17.7 Å². The number of hydrogen-bond donors (Lipinski definition) is 0. The number of thiazole rings is 1. The zero-order valence-corrected chi connectivity index (χ0v) is 16.6. The molecular formula is C19H19N5O4S. The summed E-state index contributed by atoms with van der Waals surface area (Å²) in [7, 11) is 0. The lowest BCUT2D eigenvalue weighted by Gasteiger charge is -2.34. The van der Waals surface area contributed by atoms with Crippen LogP contribution in [0.1, 0.15) is 28.1 Å². The fourth-order valence-electron chi connectivity index (χ4n) is 3.11. The summed E-state index contributed by atoms with van der Waals surface area (Å²) in [6, 6.07) is 5.58. The minimum absolute atomic E-state index is 0.253. The number of furan rings is 1. The van der Waals surface area contributed by atoms with Crippen molar-refractivity contribution >= 4 is 23.2 Å². The first-order valence-corrected chi connectivity index (χ1v) is 10.1. The van der Waals surface area contributed by atoms with Gasteiger partial charge in [0.25, 0.3) is 5.89 Å². The monoisotopic (exact) mass is 413 g/mol. The molecule has 150 valence electrons. The lowest BCUT2D eigenvalue weighted by atomic mass is 10.3. The fourth-order valence-corrected chi connectivity index (χ4v) is 3.81. The highest BCUT2D eigenvalue weighted by Gasteiger charge is 2.25. The average molecular weight is 413 g/mol. The van der Waals surface area contributed by atoms with Crippen molar-refractivity contribution in [1.82, 2.24) is 14.9 Å². The van der Waals surface area contributed by atoms with Crippen LogP contribution in [0.2, 0.25) is 0 Å². The number of esters is 1. The molecule has 0 radical (unpaired) electrons. The van der Waals surface area contributed by atoms with Gasteiger partial charge in [-0.05, 0) is 19.1 Å². The first-order valence-electron chi connectivity index (χ1n) is 9.21. The maximum Gasteiger partial charge on any atom is 0.367 e. The third kappa shape index (κ3) is 4.16. The van der Waals surface area contributed by atoms with Crippen LogP contribution in [-0.4, -0.2) is 53.6 Å². The first-order chi connectivity index (χ1) is 14.2. The molecule has 3 aromatic heterocycles. The highest BCUT2D eigenvalue weighted by molar-refractivity contribution is 7.11. The van der Waals surface area contributed by atoms with Crippen LogP contribution < -0.4 is 4.90 Å². The van der Waals surface area contributed by atoms with Crippen molar-refractivity contribution in [2.24, 2.45) is 0 Å². The molecule has 0 bridgehead atoms. The Morgan fingerprint density at radius 2 is 2.17 bits per heavy atom. The molecule has 1 aliphatic heterocycles. The SMILES string of the molecule is CCOC(=O)c1nc(CN2CCN(c3oc(-c4ccco4)nc3C#N)CC2)cs1. The summed E-state index contributed by atoms with van der Waals surface area (Å²) in [6.45, 7) is 5.69. The molecule has 0 atom stereocenters. The van der Waals surface area contributed by atoms with Crippen LogP contribution in [0.4, 0.5) is 5.88 Å². The zero-order valence-electron chi connectivity index (χ0n) is 15.8. The Morgan fingerprint density at radius 3 is 2.86 bits per heavy atom. The molecule has 0 aromatic carbocycles. The van der Waals surface area contributed by atoms with Gasteiger partial charge in [-0.15, -0.1) is 11.3 Å². The maximum atomic E-state index is 11.8. The summed E-state index contributed by atoms with van der Waals surface area (Å²) in [4.78, 5) is 24.6. The smallest absolute Gasteiger partial charge is 0.367 e. The number of hydrogen-bond acceptors (Lipinski definition) is 10. The quantitative estimate of drug-likeness (QED) is 0.563. The Balaban J connectivity index is 1.38. The first kappa shape index (κ1) is 19.2. The molecule has 3 aromatic rings. The number of ether oxygens (including phenoxy) is 1. The van der Waals surface area contributed by atoms with E-state index in [1.807, 2.05) is 10.3 Å². The van der Waals surface area contributed by atoms with E-state index in [2.05, 4.69) is 20.9 Å². The average Bonchev–Trinajstić information content (AvgIpc) is 3.49. The molecule has 0 unspecified atom stereocenters. The van der Waals surface area contributed by atoms with E-state index in [0.29, 0.717) is 48.8 Å². The van der Waals surface area contributed by atoms with E-state index in [-0.39, 0.29) is 11.7 Å². The van der Waals surface area contributed by atoms with Crippen LogP contribution in [0.25, 0.3) is 11.7 Å². The third-order valence-corrected chi connectivity index (χ3v) is 5.37. The number of oxazole rings is 1. The van der Waals surface area contributed by atoms with Crippen molar-refractivity contribution in [3.05, 3.63) is 40.2 Å². The minimum Gasteiger partial charge on any atom is -0.461 e. The number of carbonyl (C=O) groups is 1. The Kier molecular flexibility index (Phi) is 5.59. The second kappa shape index (κ2) is 8.46. The van der Waals surface area contributed by atoms with Gasteiger partial charge in [-0.3, -0.25) is 4.90 Å². The number of nitrogens with zero attached hydrogens (tertiary/aromatic N) is 5. The highest BCUT2D eigenvalue weighted by atomic mass is 32.1. The van der Waals surface area contributed by atoms with Crippen LogP contribution >= 0.6 is 11.3 Å². The molecule has 10 heteroatoms. The van der Waals surface area contributed by atoms with Crippen LogP contribution in [-0.2, 0) is 11.3 Å². The minimum atomic E-state index is -0.379. The Labute approximate surface area is 171 Å². The second-order valence-corrected chi connectivity index (χ2v) is 7.25. The largest absolute Gasteiger partial charge is 0.461 e. The predicted molar refractivity (Wildman–Crippen MR) is 104 cm³/mol. The number of piperazine rings is 1. The lowest BCUT2D eigenvalue weighted by Crippen LogP contribution is -2.46. The summed E-state index contributed by atoms with van der Waals surface area (Å²) in [5.74, 6) is 0.886. The van der Waals surface area contributed by atoms with E-state index in [1.165, 1.54) is 17.6 Å². The molecule has 0 aliphatic carbocycles. The van der Waals surface area contributed by atoms with E-state index in [1.54, 1.807) is 19.1 Å². The molecule has 0 amide bonds. The molecule has 1 saturated heterocycles. The summed E-state index contributed by atoms with van der Waals surface area (Å²) < 4.78 is 16.1. The molecule has 4 rings (SSSR count). The van der Waals surface area contributed by atoms with Crippen LogP contribution in [0.5, 0.6) is 0 Å². The van der Waals surface area contributed by atoms with E-state index in [0.717, 1.165) is 18.8 Å². The van der Waals surface area contributed by atoms with Gasteiger partial charge >= 0.3 is 5.97 Å². The summed E-state index contributed by atoms with van der Waals surface area (Å²) >= 11 is 1.30. The van der Waals surface area contributed by atoms with Crippen LogP contribution in [0.15, 0.2) is 32.6 Å². The molecular weight excluding hydrogens is 394 g/mol. The molecule has 9 nitrogen and oxygen atoms in total. The molecule has 1 fully saturated rings. The number of anilines is 1. The summed E-state index contributed by atoms with van der Waals surface area (Å²) in [5.41, 5.74) is 1.10. The van der Waals surface area contributed by atoms with Gasteiger partial charge in [0.05, 0.1) is 18.6 Å². The van der Waals surface area contributed by atoms with Crippen molar-refractivity contribution < 1.29 is 18.4 Å². The standard InChI is InChI=1S/C19H19N5O4S/c1-2-26-19(25)17-21-13(12-29-17)11-23-5-7-24(8-6-23)18-14(10-20)22-16(28-18)15-4-3-9-27-15/h3-4,9,12H,2,5-8,11H2,1H3. The predicted octanol–water partition coefficient (Wildman–Crippen LogP) is 2.76. The molecule has 0 N–H and O–H groups in total. The Hall–Kier alpha value is -3.16. The van der Waals surface area contributed by atoms with Gasteiger partial charge in [-0.2, -0.15) is 10.2 Å². The number of aromatic nitrogens is 2. The molecule has 29 heavy (non-hydrogen) atoms. The number of nitriles is 1. The Morgan fingerprint density at radius 1 is 1.34 bits per heavy atom. The maximum absolute atomic E-state index is 11.8. The molecule has 0 saturated carbocycles. The topological polar surface area (TPSA) is 109 Å². The normalized spacial score (nSPS) is 14.7.